The Balaban J connectivity index is 3.69. The van der Waals surface area contributed by atoms with E-state index in [1.807, 2.05) is 0 Å². The fraction of sp³-hybridized carbons (Fsp3) is 0.707. The van der Waals surface area contributed by atoms with E-state index in [1.54, 1.807) is 0 Å². The molecule has 0 spiro atoms. The summed E-state index contributed by atoms with van der Waals surface area (Å²) < 4.78 is 26.8. The van der Waals surface area contributed by atoms with Gasteiger partial charge in [0.1, 0.15) is 12.7 Å². The molecule has 0 aromatic carbocycles. The zero-order valence-electron chi connectivity index (χ0n) is 32.0. The Labute approximate surface area is 310 Å². The number of esters is 1. The fourth-order valence-corrected chi connectivity index (χ4v) is 5.75. The first kappa shape index (κ1) is 48.7. The summed E-state index contributed by atoms with van der Waals surface area (Å²) in [5, 5.41) is 12.6. The van der Waals surface area contributed by atoms with Crippen molar-refractivity contribution in [2.45, 2.75) is 161 Å². The van der Waals surface area contributed by atoms with Crippen LogP contribution in [0.3, 0.4) is 0 Å². The molecule has 9 nitrogen and oxygen atoms in total. The Kier molecular flexibility index (Phi) is 35.8. The third kappa shape index (κ3) is 38.8. The molecule has 0 bridgehead atoms. The summed E-state index contributed by atoms with van der Waals surface area (Å²) in [7, 11) is -4.42. The molecule has 0 aliphatic carbocycles. The maximum absolute atomic E-state index is 12.1. The number of carbonyl (C=O) groups is 2. The molecule has 1 amide bonds. The van der Waals surface area contributed by atoms with Gasteiger partial charge in [-0.05, 0) is 57.8 Å². The van der Waals surface area contributed by atoms with Gasteiger partial charge >= 0.3 is 13.8 Å². The smallest absolute Gasteiger partial charge is 0.463 e. The number of nitrogens with one attached hydrogen (secondary N) is 1. The van der Waals surface area contributed by atoms with E-state index in [0.29, 0.717) is 6.42 Å². The van der Waals surface area contributed by atoms with E-state index in [2.05, 4.69) is 79.9 Å². The quantitative estimate of drug-likeness (QED) is 0.0251. The number of carbonyl (C=O) groups excluding carboxylic acids is 2. The number of allylic oxidation sites excluding steroid dienone is 10. The highest BCUT2D eigenvalue weighted by molar-refractivity contribution is 7.47. The largest absolute Gasteiger partial charge is 0.472 e. The number of hydrogen-bond acceptors (Lipinski definition) is 7. The van der Waals surface area contributed by atoms with Crippen LogP contribution in [0, 0.1) is 0 Å². The van der Waals surface area contributed by atoms with Crippen LogP contribution in [0.1, 0.15) is 155 Å². The van der Waals surface area contributed by atoms with Crippen molar-refractivity contribution in [3.63, 3.8) is 0 Å². The summed E-state index contributed by atoms with van der Waals surface area (Å²) in [6.07, 6.45) is 42.9. The lowest BCUT2D eigenvalue weighted by atomic mass is 10.1. The van der Waals surface area contributed by atoms with E-state index in [9.17, 15) is 24.2 Å². The number of phosphoric acid groups is 1. The summed E-state index contributed by atoms with van der Waals surface area (Å²) in [5.41, 5.74) is 0. The van der Waals surface area contributed by atoms with Gasteiger partial charge in [-0.1, -0.05) is 145 Å². The molecule has 51 heavy (non-hydrogen) atoms. The monoisotopic (exact) mass is 737 g/mol. The minimum atomic E-state index is -4.42. The first-order chi connectivity index (χ1) is 24.8. The van der Waals surface area contributed by atoms with Gasteiger partial charge < -0.3 is 20.1 Å². The normalized spacial score (nSPS) is 14.0. The molecule has 0 saturated carbocycles. The summed E-state index contributed by atoms with van der Waals surface area (Å²) in [5.74, 6) is -0.554. The molecule has 3 N–H and O–H groups in total. The van der Waals surface area contributed by atoms with Crippen LogP contribution in [0.2, 0.25) is 0 Å². The van der Waals surface area contributed by atoms with Crippen LogP contribution in [0.5, 0.6) is 0 Å². The van der Waals surface area contributed by atoms with Gasteiger partial charge in [0.05, 0.1) is 13.2 Å². The number of aliphatic hydroxyl groups excluding tert-OH is 1. The lowest BCUT2D eigenvalue weighted by molar-refractivity contribution is -0.147. The van der Waals surface area contributed by atoms with Crippen LogP contribution in [0.4, 0.5) is 0 Å². The lowest BCUT2D eigenvalue weighted by Crippen LogP contribution is -2.27. The summed E-state index contributed by atoms with van der Waals surface area (Å²) in [6.45, 7) is 3.37. The molecule has 10 heteroatoms. The highest BCUT2D eigenvalue weighted by Crippen LogP contribution is 2.42. The van der Waals surface area contributed by atoms with Crippen molar-refractivity contribution in [1.29, 1.82) is 0 Å². The van der Waals surface area contributed by atoms with Gasteiger partial charge in [0.25, 0.3) is 0 Å². The van der Waals surface area contributed by atoms with E-state index < -0.39 is 26.5 Å². The van der Waals surface area contributed by atoms with Gasteiger partial charge in [0.2, 0.25) is 5.91 Å². The van der Waals surface area contributed by atoms with Gasteiger partial charge in [-0.2, -0.15) is 0 Å². The molecule has 0 heterocycles. The molecule has 0 fully saturated rings. The molecular formula is C41H72NO8P. The van der Waals surface area contributed by atoms with E-state index in [4.69, 9.17) is 13.8 Å². The molecular weight excluding hydrogens is 665 g/mol. The Morgan fingerprint density at radius 2 is 1.12 bits per heavy atom. The van der Waals surface area contributed by atoms with Gasteiger partial charge in [0.15, 0.2) is 0 Å². The predicted octanol–water partition coefficient (Wildman–Crippen LogP) is 10.5. The third-order valence-electron chi connectivity index (χ3n) is 7.96. The van der Waals surface area contributed by atoms with Crippen LogP contribution in [-0.2, 0) is 27.9 Å². The lowest BCUT2D eigenvalue weighted by Gasteiger charge is -2.15. The third-order valence-corrected chi connectivity index (χ3v) is 8.95. The van der Waals surface area contributed by atoms with E-state index in [-0.39, 0.29) is 32.1 Å². The second kappa shape index (κ2) is 37.5. The van der Waals surface area contributed by atoms with Crippen LogP contribution >= 0.6 is 7.82 Å². The summed E-state index contributed by atoms with van der Waals surface area (Å²) in [6, 6.07) is 0. The van der Waals surface area contributed by atoms with Crippen molar-refractivity contribution in [3.8, 4) is 0 Å². The van der Waals surface area contributed by atoms with E-state index >= 15 is 0 Å². The van der Waals surface area contributed by atoms with Crippen LogP contribution < -0.4 is 5.32 Å². The topological polar surface area (TPSA) is 131 Å². The van der Waals surface area contributed by atoms with Gasteiger partial charge in [0, 0.05) is 19.4 Å². The number of amides is 1. The molecule has 0 aromatic heterocycles. The summed E-state index contributed by atoms with van der Waals surface area (Å²) >= 11 is 0. The molecule has 294 valence electrons. The molecule has 0 aromatic rings. The van der Waals surface area contributed by atoms with Crippen molar-refractivity contribution in [2.75, 3.05) is 26.4 Å². The number of hydrogen-bond donors (Lipinski definition) is 3. The Hall–Kier alpha value is -2.29. The second-order valence-electron chi connectivity index (χ2n) is 12.9. The summed E-state index contributed by atoms with van der Waals surface area (Å²) in [4.78, 5) is 33.8. The van der Waals surface area contributed by atoms with E-state index in [0.717, 1.165) is 77.0 Å². The predicted molar refractivity (Wildman–Crippen MR) is 210 cm³/mol. The second-order valence-corrected chi connectivity index (χ2v) is 14.3. The maximum Gasteiger partial charge on any atom is 0.472 e. The average Bonchev–Trinajstić information content (AvgIpc) is 3.11. The van der Waals surface area contributed by atoms with Gasteiger partial charge in [-0.15, -0.1) is 0 Å². The highest BCUT2D eigenvalue weighted by Gasteiger charge is 2.23. The number of rotatable bonds is 36. The molecule has 0 radical (unpaired) electrons. The zero-order valence-corrected chi connectivity index (χ0v) is 32.9. The zero-order chi connectivity index (χ0) is 37.5. The first-order valence-electron chi connectivity index (χ1n) is 19.8. The van der Waals surface area contributed by atoms with Crippen molar-refractivity contribution in [3.05, 3.63) is 60.8 Å². The van der Waals surface area contributed by atoms with Crippen molar-refractivity contribution < 1.29 is 37.9 Å². The SMILES string of the molecule is CC/C=C\C/C=C\C/C=C\C/C=C\C/C=C\CCCCCC(=O)NCCOP(=O)(O)OCC(O)COC(=O)CCCCCCCCCCCCC. The Morgan fingerprint density at radius 1 is 0.627 bits per heavy atom. The van der Waals surface area contributed by atoms with E-state index in [1.165, 1.54) is 51.4 Å². The Morgan fingerprint density at radius 3 is 1.69 bits per heavy atom. The molecule has 0 saturated heterocycles. The van der Waals surface area contributed by atoms with Crippen LogP contribution in [0.15, 0.2) is 60.8 Å². The average molecular weight is 738 g/mol. The fourth-order valence-electron chi connectivity index (χ4n) is 4.99. The highest BCUT2D eigenvalue weighted by atomic mass is 31.2. The number of ether oxygens (including phenoxy) is 1. The minimum absolute atomic E-state index is 0.0615. The molecule has 0 aliphatic heterocycles. The molecule has 0 rings (SSSR count). The number of aliphatic hydroxyl groups is 1. The molecule has 2 unspecified atom stereocenters. The van der Waals surface area contributed by atoms with Crippen molar-refractivity contribution >= 4 is 19.7 Å². The van der Waals surface area contributed by atoms with Crippen molar-refractivity contribution in [2.24, 2.45) is 0 Å². The standard InChI is InChI=1S/C41H72NO8P/c1-3-5-7-9-11-13-15-16-17-18-19-20-21-22-24-25-27-29-31-33-40(44)42-35-36-49-51(46,47)50-38-39(43)37-48-41(45)34-32-30-28-26-23-14-12-10-8-6-4-2/h5,7,11,13,16-17,19-20,22,24,39,43H,3-4,6,8-10,12,14-15,18,21,23,25-38H2,1-2H3,(H,42,44)(H,46,47)/b7-5-,13-11-,17-16-,20-19-,24-22-. The van der Waals surface area contributed by atoms with Crippen LogP contribution in [0.25, 0.3) is 0 Å². The molecule has 0 aliphatic rings. The van der Waals surface area contributed by atoms with Gasteiger partial charge in [-0.25, -0.2) is 4.57 Å². The number of unbranched alkanes of at least 4 members (excludes halogenated alkanes) is 13. The first-order valence-corrected chi connectivity index (χ1v) is 21.3. The van der Waals surface area contributed by atoms with Crippen molar-refractivity contribution in [1.82, 2.24) is 5.32 Å². The van der Waals surface area contributed by atoms with Gasteiger partial charge in [-0.3, -0.25) is 18.6 Å². The minimum Gasteiger partial charge on any atom is -0.463 e. The maximum atomic E-state index is 12.1. The van der Waals surface area contributed by atoms with Crippen LogP contribution in [-0.4, -0.2) is 54.3 Å². The number of phosphoric ester groups is 1. The Bertz CT molecular complexity index is 1020. The molecule has 2 atom stereocenters.